The number of nitrogen functional groups attached to an aromatic ring is 1. The second kappa shape index (κ2) is 5.53. The van der Waals surface area contributed by atoms with E-state index in [-0.39, 0.29) is 23.8 Å². The van der Waals surface area contributed by atoms with E-state index < -0.39 is 0 Å². The predicted molar refractivity (Wildman–Crippen MR) is 78.0 cm³/mol. The van der Waals surface area contributed by atoms with Crippen molar-refractivity contribution in [2.45, 2.75) is 32.7 Å². The van der Waals surface area contributed by atoms with Gasteiger partial charge < -0.3 is 16.4 Å². The molecule has 0 saturated carbocycles. The van der Waals surface area contributed by atoms with Gasteiger partial charge in [0.2, 0.25) is 5.91 Å². The minimum atomic E-state index is -0.334. The number of primary amides is 1. The molecular weight excluding hydrogens is 254 g/mol. The summed E-state index contributed by atoms with van der Waals surface area (Å²) >= 11 is 0. The summed E-state index contributed by atoms with van der Waals surface area (Å²) in [4.78, 5) is 25.8. The topological polar surface area (TPSA) is 89.4 Å². The van der Waals surface area contributed by atoms with Gasteiger partial charge in [-0.1, -0.05) is 6.07 Å². The third kappa shape index (κ3) is 2.61. The molecule has 1 fully saturated rings. The number of anilines is 1. The minimum Gasteiger partial charge on any atom is -0.398 e. The van der Waals surface area contributed by atoms with Gasteiger partial charge in [0.1, 0.15) is 0 Å². The summed E-state index contributed by atoms with van der Waals surface area (Å²) in [5.74, 6) is -0.663. The van der Waals surface area contributed by atoms with E-state index in [4.69, 9.17) is 11.5 Å². The summed E-state index contributed by atoms with van der Waals surface area (Å²) in [6.07, 6.45) is 1.54. The smallest absolute Gasteiger partial charge is 0.254 e. The van der Waals surface area contributed by atoms with E-state index in [1.807, 2.05) is 13.8 Å². The summed E-state index contributed by atoms with van der Waals surface area (Å²) in [5, 5.41) is 0. The monoisotopic (exact) mass is 275 g/mol. The van der Waals surface area contributed by atoms with E-state index in [1.54, 1.807) is 23.1 Å². The van der Waals surface area contributed by atoms with Gasteiger partial charge in [-0.25, -0.2) is 0 Å². The number of likely N-dealkylation sites (tertiary alicyclic amines) is 1. The normalized spacial score (nSPS) is 22.6. The van der Waals surface area contributed by atoms with Gasteiger partial charge in [-0.3, -0.25) is 9.59 Å². The van der Waals surface area contributed by atoms with Crippen molar-refractivity contribution in [3.05, 3.63) is 29.3 Å². The lowest BCUT2D eigenvalue weighted by Crippen LogP contribution is -2.48. The average molecular weight is 275 g/mol. The van der Waals surface area contributed by atoms with Crippen LogP contribution in [0, 0.1) is 12.8 Å². The first-order valence-corrected chi connectivity index (χ1v) is 6.87. The zero-order chi connectivity index (χ0) is 14.9. The second-order valence-electron chi connectivity index (χ2n) is 5.50. The standard InChI is InChI=1S/C15H21N3O2/c1-9-6-7-11(14(17)19)8-18(9)15(20)12-4-3-5-13(16)10(12)2/h3-5,9,11H,6-8,16H2,1-2H3,(H2,17,19). The first kappa shape index (κ1) is 14.4. The molecule has 2 rings (SSSR count). The molecule has 0 radical (unpaired) electrons. The van der Waals surface area contributed by atoms with Crippen molar-refractivity contribution in [2.75, 3.05) is 12.3 Å². The highest BCUT2D eigenvalue weighted by Gasteiger charge is 2.32. The molecule has 0 aromatic heterocycles. The molecule has 2 atom stereocenters. The van der Waals surface area contributed by atoms with Crippen molar-refractivity contribution in [1.29, 1.82) is 0 Å². The van der Waals surface area contributed by atoms with Crippen LogP contribution < -0.4 is 11.5 Å². The van der Waals surface area contributed by atoms with Gasteiger partial charge in [0.05, 0.1) is 5.92 Å². The van der Waals surface area contributed by atoms with Crippen LogP contribution in [-0.4, -0.2) is 29.3 Å². The second-order valence-corrected chi connectivity index (χ2v) is 5.50. The molecule has 0 spiro atoms. The fourth-order valence-corrected chi connectivity index (χ4v) is 2.66. The number of piperidine rings is 1. The highest BCUT2D eigenvalue weighted by Crippen LogP contribution is 2.25. The molecule has 5 nitrogen and oxygen atoms in total. The van der Waals surface area contributed by atoms with E-state index in [2.05, 4.69) is 0 Å². The summed E-state index contributed by atoms with van der Waals surface area (Å²) in [6.45, 7) is 4.23. The molecule has 1 aliphatic rings. The zero-order valence-electron chi connectivity index (χ0n) is 11.9. The molecule has 4 N–H and O–H groups in total. The first-order valence-electron chi connectivity index (χ1n) is 6.87. The Morgan fingerprint density at radius 1 is 1.30 bits per heavy atom. The van der Waals surface area contributed by atoms with E-state index in [1.165, 1.54) is 0 Å². The Morgan fingerprint density at radius 3 is 2.65 bits per heavy atom. The number of hydrogen-bond donors (Lipinski definition) is 2. The number of rotatable bonds is 2. The fraction of sp³-hybridized carbons (Fsp3) is 0.467. The Bertz CT molecular complexity index is 542. The van der Waals surface area contributed by atoms with Crippen molar-refractivity contribution < 1.29 is 9.59 Å². The minimum absolute atomic E-state index is 0.0757. The van der Waals surface area contributed by atoms with Crippen LogP contribution in [0.3, 0.4) is 0 Å². The number of hydrogen-bond acceptors (Lipinski definition) is 3. The summed E-state index contributed by atoms with van der Waals surface area (Å²) < 4.78 is 0. The third-order valence-corrected chi connectivity index (χ3v) is 4.15. The maximum Gasteiger partial charge on any atom is 0.254 e. The van der Waals surface area contributed by atoms with E-state index >= 15 is 0 Å². The average Bonchev–Trinajstić information content (AvgIpc) is 2.41. The molecule has 1 aromatic carbocycles. The zero-order valence-corrected chi connectivity index (χ0v) is 11.9. The van der Waals surface area contributed by atoms with Crippen LogP contribution in [0.1, 0.15) is 35.7 Å². The van der Waals surface area contributed by atoms with Crippen LogP contribution in [0.25, 0.3) is 0 Å². The van der Waals surface area contributed by atoms with Crippen LogP contribution in [0.15, 0.2) is 18.2 Å². The molecule has 1 saturated heterocycles. The van der Waals surface area contributed by atoms with Crippen LogP contribution in [0.2, 0.25) is 0 Å². The predicted octanol–water partition coefficient (Wildman–Crippen LogP) is 1.30. The highest BCUT2D eigenvalue weighted by molar-refractivity contribution is 5.97. The van der Waals surface area contributed by atoms with Crippen LogP contribution in [-0.2, 0) is 4.79 Å². The van der Waals surface area contributed by atoms with Gasteiger partial charge in [-0.15, -0.1) is 0 Å². The molecule has 20 heavy (non-hydrogen) atoms. The van der Waals surface area contributed by atoms with Crippen molar-refractivity contribution in [2.24, 2.45) is 11.7 Å². The molecule has 1 aromatic rings. The van der Waals surface area contributed by atoms with Gasteiger partial charge in [0, 0.05) is 23.8 Å². The van der Waals surface area contributed by atoms with Gasteiger partial charge in [0.25, 0.3) is 5.91 Å². The van der Waals surface area contributed by atoms with Gasteiger partial charge >= 0.3 is 0 Å². The number of benzene rings is 1. The Balaban J connectivity index is 2.26. The number of nitrogens with two attached hydrogens (primary N) is 2. The lowest BCUT2D eigenvalue weighted by molar-refractivity contribution is -0.123. The molecule has 108 valence electrons. The lowest BCUT2D eigenvalue weighted by atomic mass is 9.92. The number of nitrogens with zero attached hydrogens (tertiary/aromatic N) is 1. The van der Waals surface area contributed by atoms with Crippen LogP contribution in [0.5, 0.6) is 0 Å². The largest absolute Gasteiger partial charge is 0.398 e. The Morgan fingerprint density at radius 2 is 2.00 bits per heavy atom. The quantitative estimate of drug-likeness (QED) is 0.797. The molecule has 2 amide bonds. The molecule has 1 aliphatic heterocycles. The van der Waals surface area contributed by atoms with E-state index in [9.17, 15) is 9.59 Å². The van der Waals surface area contributed by atoms with Gasteiger partial charge in [0.15, 0.2) is 0 Å². The highest BCUT2D eigenvalue weighted by atomic mass is 16.2. The maximum atomic E-state index is 12.7. The number of amides is 2. The van der Waals surface area contributed by atoms with Crippen molar-refractivity contribution in [3.8, 4) is 0 Å². The molecule has 0 aliphatic carbocycles. The SMILES string of the molecule is Cc1c(N)cccc1C(=O)N1CC(C(N)=O)CCC1C. The summed E-state index contributed by atoms with van der Waals surface area (Å²) in [6, 6.07) is 5.43. The molecule has 0 bridgehead atoms. The third-order valence-electron chi connectivity index (χ3n) is 4.15. The summed E-state index contributed by atoms with van der Waals surface area (Å²) in [5.41, 5.74) is 13.2. The first-order chi connectivity index (χ1) is 9.41. The van der Waals surface area contributed by atoms with E-state index in [0.29, 0.717) is 17.8 Å². The maximum absolute atomic E-state index is 12.7. The number of carbonyl (C=O) groups excluding carboxylic acids is 2. The number of carbonyl (C=O) groups is 2. The Labute approximate surface area is 118 Å². The van der Waals surface area contributed by atoms with Gasteiger partial charge in [-0.2, -0.15) is 0 Å². The molecule has 5 heteroatoms. The fourth-order valence-electron chi connectivity index (χ4n) is 2.66. The van der Waals surface area contributed by atoms with Crippen molar-refractivity contribution in [3.63, 3.8) is 0 Å². The molecule has 2 unspecified atom stereocenters. The lowest BCUT2D eigenvalue weighted by Gasteiger charge is -2.37. The Kier molecular flexibility index (Phi) is 3.97. The van der Waals surface area contributed by atoms with Crippen LogP contribution in [0.4, 0.5) is 5.69 Å². The summed E-state index contributed by atoms with van der Waals surface area (Å²) in [7, 11) is 0. The Hall–Kier alpha value is -2.04. The molecule has 1 heterocycles. The molecular formula is C15H21N3O2. The van der Waals surface area contributed by atoms with Gasteiger partial charge in [-0.05, 0) is 44.4 Å². The van der Waals surface area contributed by atoms with Crippen molar-refractivity contribution in [1.82, 2.24) is 4.90 Å². The van der Waals surface area contributed by atoms with Crippen LogP contribution >= 0.6 is 0 Å². The van der Waals surface area contributed by atoms with Crippen molar-refractivity contribution >= 4 is 17.5 Å². The van der Waals surface area contributed by atoms with E-state index in [0.717, 1.165) is 18.4 Å².